The molecule has 1 N–H and O–H groups in total. The number of hydrogen-bond donors (Lipinski definition) is 1. The Hall–Kier alpha value is -2.45. The summed E-state index contributed by atoms with van der Waals surface area (Å²) in [7, 11) is 0. The number of nitrogens with one attached hydrogen (secondary N) is 1. The van der Waals surface area contributed by atoms with Gasteiger partial charge in [0.2, 0.25) is 0 Å². The van der Waals surface area contributed by atoms with Crippen molar-refractivity contribution in [3.05, 3.63) is 58.2 Å². The van der Waals surface area contributed by atoms with Crippen molar-refractivity contribution >= 4 is 33.6 Å². The number of halogens is 1. The molecular formula is C22H27BrN4O3. The second-order valence-electron chi connectivity index (χ2n) is 6.97. The minimum atomic E-state index is -0.130. The third-order valence-electron chi connectivity index (χ3n) is 4.96. The number of carbonyl (C=O) groups excluding carboxylic acids is 2. The molecule has 0 saturated carbocycles. The van der Waals surface area contributed by atoms with Gasteiger partial charge in [-0.1, -0.05) is 12.1 Å². The summed E-state index contributed by atoms with van der Waals surface area (Å²) in [5.41, 5.74) is 1.22. The molecule has 1 saturated heterocycles. The molecule has 0 radical (unpaired) electrons. The van der Waals surface area contributed by atoms with Gasteiger partial charge in [0, 0.05) is 56.6 Å². The summed E-state index contributed by atoms with van der Waals surface area (Å²) in [6, 6.07) is 11.1. The fourth-order valence-corrected chi connectivity index (χ4v) is 3.73. The third kappa shape index (κ3) is 5.79. The Bertz CT molecular complexity index is 852. The fourth-order valence-electron chi connectivity index (χ4n) is 3.27. The Balaban J connectivity index is 1.49. The van der Waals surface area contributed by atoms with E-state index in [4.69, 9.17) is 4.74 Å². The van der Waals surface area contributed by atoms with E-state index in [0.29, 0.717) is 57.1 Å². The molecule has 0 spiro atoms. The summed E-state index contributed by atoms with van der Waals surface area (Å²) >= 11 is 3.45. The van der Waals surface area contributed by atoms with Gasteiger partial charge in [-0.25, -0.2) is 4.98 Å². The Labute approximate surface area is 185 Å². The molecule has 0 unspecified atom stereocenters. The molecule has 1 aliphatic heterocycles. The maximum atomic E-state index is 12.7. The maximum absolute atomic E-state index is 12.7. The maximum Gasteiger partial charge on any atom is 0.255 e. The first-order valence-corrected chi connectivity index (χ1v) is 11.0. The number of hydrogen-bond acceptors (Lipinski definition) is 5. The molecule has 2 amide bonds. The van der Waals surface area contributed by atoms with Gasteiger partial charge in [-0.05, 0) is 53.5 Å². The monoisotopic (exact) mass is 474 g/mol. The number of anilines is 1. The number of ether oxygens (including phenoxy) is 1. The van der Waals surface area contributed by atoms with Crippen LogP contribution in [0.1, 0.15) is 34.1 Å². The molecule has 0 atom stereocenters. The van der Waals surface area contributed by atoms with Crippen LogP contribution in [0.3, 0.4) is 0 Å². The summed E-state index contributed by atoms with van der Waals surface area (Å²) in [6.07, 6.45) is 2.39. The number of pyridine rings is 1. The number of carbonyl (C=O) groups is 2. The average molecular weight is 475 g/mol. The zero-order valence-corrected chi connectivity index (χ0v) is 18.7. The standard InChI is InChI=1S/C22H27BrN4O3/c1-2-30-15-5-10-24-21(28)17-8-9-20(25-16-17)26-11-13-27(14-12-26)22(29)18-6-3-4-7-19(18)23/h3-4,6-9,16H,2,5,10-15H2,1H3,(H,24,28). The van der Waals surface area contributed by atoms with E-state index in [2.05, 4.69) is 31.1 Å². The lowest BCUT2D eigenvalue weighted by molar-refractivity contribution is 0.0745. The van der Waals surface area contributed by atoms with Crippen LogP contribution in [-0.2, 0) is 4.74 Å². The minimum absolute atomic E-state index is 0.0337. The molecule has 8 heteroatoms. The number of nitrogens with zero attached hydrogens (tertiary/aromatic N) is 3. The summed E-state index contributed by atoms with van der Waals surface area (Å²) in [5, 5.41) is 2.87. The molecule has 1 aromatic heterocycles. The van der Waals surface area contributed by atoms with Crippen molar-refractivity contribution in [2.75, 3.05) is 50.8 Å². The SMILES string of the molecule is CCOCCCNC(=O)c1ccc(N2CCN(C(=O)c3ccccc3Br)CC2)nc1. The first-order chi connectivity index (χ1) is 14.6. The topological polar surface area (TPSA) is 74.8 Å². The van der Waals surface area contributed by atoms with Gasteiger partial charge < -0.3 is 19.9 Å². The molecule has 30 heavy (non-hydrogen) atoms. The van der Waals surface area contributed by atoms with E-state index < -0.39 is 0 Å². The minimum Gasteiger partial charge on any atom is -0.382 e. The molecule has 1 aromatic carbocycles. The zero-order chi connectivity index (χ0) is 21.3. The highest BCUT2D eigenvalue weighted by atomic mass is 79.9. The van der Waals surface area contributed by atoms with Gasteiger partial charge in [-0.15, -0.1) is 0 Å². The van der Waals surface area contributed by atoms with Crippen molar-refractivity contribution in [2.45, 2.75) is 13.3 Å². The molecule has 160 valence electrons. The van der Waals surface area contributed by atoms with Gasteiger partial charge in [0.15, 0.2) is 0 Å². The fraction of sp³-hybridized carbons (Fsp3) is 0.409. The van der Waals surface area contributed by atoms with Crippen molar-refractivity contribution in [1.29, 1.82) is 0 Å². The normalized spacial score (nSPS) is 13.9. The second-order valence-corrected chi connectivity index (χ2v) is 7.82. The van der Waals surface area contributed by atoms with Gasteiger partial charge >= 0.3 is 0 Å². The van der Waals surface area contributed by atoms with E-state index in [9.17, 15) is 9.59 Å². The summed E-state index contributed by atoms with van der Waals surface area (Å²) in [4.78, 5) is 33.4. The summed E-state index contributed by atoms with van der Waals surface area (Å²) in [5.74, 6) is 0.719. The second kappa shape index (κ2) is 11.1. The van der Waals surface area contributed by atoms with Crippen LogP contribution in [-0.4, -0.2) is 67.6 Å². The van der Waals surface area contributed by atoms with Gasteiger partial charge in [-0.2, -0.15) is 0 Å². The molecule has 7 nitrogen and oxygen atoms in total. The van der Waals surface area contributed by atoms with E-state index in [0.717, 1.165) is 16.7 Å². The van der Waals surface area contributed by atoms with E-state index in [-0.39, 0.29) is 11.8 Å². The van der Waals surface area contributed by atoms with Crippen LogP contribution in [0.25, 0.3) is 0 Å². The highest BCUT2D eigenvalue weighted by Gasteiger charge is 2.24. The zero-order valence-electron chi connectivity index (χ0n) is 17.1. The third-order valence-corrected chi connectivity index (χ3v) is 5.65. The Kier molecular flexibility index (Phi) is 8.21. The average Bonchev–Trinajstić information content (AvgIpc) is 2.79. The molecule has 2 aromatic rings. The van der Waals surface area contributed by atoms with E-state index in [1.54, 1.807) is 12.3 Å². The number of piperazine rings is 1. The molecular weight excluding hydrogens is 448 g/mol. The summed E-state index contributed by atoms with van der Waals surface area (Å²) < 4.78 is 6.07. The number of amides is 2. The Morgan fingerprint density at radius 2 is 1.90 bits per heavy atom. The molecule has 0 bridgehead atoms. The first kappa shape index (κ1) is 22.2. The molecule has 3 rings (SSSR count). The van der Waals surface area contributed by atoms with Crippen LogP contribution in [0.15, 0.2) is 47.1 Å². The van der Waals surface area contributed by atoms with Crippen LogP contribution >= 0.6 is 15.9 Å². The van der Waals surface area contributed by atoms with Crippen molar-refractivity contribution in [2.24, 2.45) is 0 Å². The lowest BCUT2D eigenvalue weighted by atomic mass is 10.2. The van der Waals surface area contributed by atoms with Gasteiger partial charge in [0.25, 0.3) is 11.8 Å². The smallest absolute Gasteiger partial charge is 0.255 e. The number of rotatable bonds is 8. The van der Waals surface area contributed by atoms with Crippen molar-refractivity contribution in [3.8, 4) is 0 Å². The van der Waals surface area contributed by atoms with Crippen LogP contribution in [0.2, 0.25) is 0 Å². The van der Waals surface area contributed by atoms with Crippen LogP contribution in [0.5, 0.6) is 0 Å². The summed E-state index contributed by atoms with van der Waals surface area (Å²) in [6.45, 7) is 6.52. The lowest BCUT2D eigenvalue weighted by Crippen LogP contribution is -2.49. The first-order valence-electron chi connectivity index (χ1n) is 10.2. The molecule has 1 aliphatic rings. The highest BCUT2D eigenvalue weighted by Crippen LogP contribution is 2.20. The van der Waals surface area contributed by atoms with Gasteiger partial charge in [0.05, 0.1) is 11.1 Å². The van der Waals surface area contributed by atoms with Gasteiger partial charge in [-0.3, -0.25) is 9.59 Å². The predicted octanol–water partition coefficient (Wildman–Crippen LogP) is 2.96. The van der Waals surface area contributed by atoms with Crippen molar-refractivity contribution < 1.29 is 14.3 Å². The number of benzene rings is 1. The molecule has 0 aliphatic carbocycles. The Morgan fingerprint density at radius 1 is 1.13 bits per heavy atom. The van der Waals surface area contributed by atoms with Gasteiger partial charge in [0.1, 0.15) is 5.82 Å². The predicted molar refractivity (Wildman–Crippen MR) is 120 cm³/mol. The number of aromatic nitrogens is 1. The lowest BCUT2D eigenvalue weighted by Gasteiger charge is -2.35. The molecule has 1 fully saturated rings. The van der Waals surface area contributed by atoms with Crippen LogP contribution < -0.4 is 10.2 Å². The van der Waals surface area contributed by atoms with E-state index >= 15 is 0 Å². The van der Waals surface area contributed by atoms with E-state index in [1.165, 1.54) is 0 Å². The molecule has 2 heterocycles. The quantitative estimate of drug-likeness (QED) is 0.595. The van der Waals surface area contributed by atoms with Crippen molar-refractivity contribution in [3.63, 3.8) is 0 Å². The van der Waals surface area contributed by atoms with E-state index in [1.807, 2.05) is 42.2 Å². The highest BCUT2D eigenvalue weighted by molar-refractivity contribution is 9.10. The Morgan fingerprint density at radius 3 is 2.57 bits per heavy atom. The van der Waals surface area contributed by atoms with Crippen LogP contribution in [0, 0.1) is 0 Å². The van der Waals surface area contributed by atoms with Crippen LogP contribution in [0.4, 0.5) is 5.82 Å². The largest absolute Gasteiger partial charge is 0.382 e. The van der Waals surface area contributed by atoms with Crippen molar-refractivity contribution in [1.82, 2.24) is 15.2 Å².